The summed E-state index contributed by atoms with van der Waals surface area (Å²) in [6, 6.07) is 16.3. The number of aryl methyl sites for hydroxylation is 1. The number of amides is 1. The van der Waals surface area contributed by atoms with Gasteiger partial charge in [-0.2, -0.15) is 0 Å². The molecule has 144 valence electrons. The molecule has 27 heavy (non-hydrogen) atoms. The molecule has 0 saturated carbocycles. The number of rotatable bonds is 7. The lowest BCUT2D eigenvalue weighted by atomic mass is 10.0. The van der Waals surface area contributed by atoms with Crippen LogP contribution in [0.3, 0.4) is 0 Å². The molecule has 1 aliphatic rings. The third kappa shape index (κ3) is 5.55. The second kappa shape index (κ2) is 9.53. The number of carbonyl (C=O) groups is 1. The number of hydrogen-bond acceptors (Lipinski definition) is 4. The van der Waals surface area contributed by atoms with Gasteiger partial charge in [0.2, 0.25) is 5.91 Å². The van der Waals surface area contributed by atoms with Gasteiger partial charge < -0.3 is 14.8 Å². The van der Waals surface area contributed by atoms with Gasteiger partial charge >= 0.3 is 0 Å². The number of nitrogens with zero attached hydrogens (tertiary/aromatic N) is 1. The summed E-state index contributed by atoms with van der Waals surface area (Å²) < 4.78 is 10.8. The van der Waals surface area contributed by atoms with Gasteiger partial charge in [0.15, 0.2) is 0 Å². The Labute approximate surface area is 161 Å². The van der Waals surface area contributed by atoms with Crippen LogP contribution in [0.1, 0.15) is 22.7 Å². The molecule has 2 aromatic carbocycles. The molecule has 2 aromatic rings. The fraction of sp³-hybridized carbons (Fsp3) is 0.409. The molecule has 0 radical (unpaired) electrons. The van der Waals surface area contributed by atoms with Crippen LogP contribution in [0.5, 0.6) is 5.75 Å². The average molecular weight is 368 g/mol. The lowest BCUT2D eigenvalue weighted by Crippen LogP contribution is -2.44. The Morgan fingerprint density at radius 3 is 2.59 bits per heavy atom. The predicted molar refractivity (Wildman–Crippen MR) is 106 cm³/mol. The van der Waals surface area contributed by atoms with E-state index in [4.69, 9.17) is 9.47 Å². The first-order valence-corrected chi connectivity index (χ1v) is 9.43. The number of morpholine rings is 1. The fourth-order valence-corrected chi connectivity index (χ4v) is 3.45. The minimum absolute atomic E-state index is 0.0485. The van der Waals surface area contributed by atoms with Crippen LogP contribution in [0.4, 0.5) is 0 Å². The number of benzene rings is 2. The standard InChI is InChI=1S/C22H28N2O3/c1-17-4-3-5-18(14-17)15-22(25)23-16-21(24-10-12-27-13-11-24)19-6-8-20(26-2)9-7-19/h3-9,14,21H,10-13,15-16H2,1-2H3,(H,23,25)/t21-/m1/s1. The number of hydrogen-bond donors (Lipinski definition) is 1. The smallest absolute Gasteiger partial charge is 0.224 e. The molecule has 5 heteroatoms. The van der Waals surface area contributed by atoms with Gasteiger partial charge in [-0.3, -0.25) is 9.69 Å². The van der Waals surface area contributed by atoms with Crippen molar-refractivity contribution in [1.29, 1.82) is 0 Å². The molecule has 1 fully saturated rings. The third-order valence-electron chi connectivity index (χ3n) is 4.93. The highest BCUT2D eigenvalue weighted by atomic mass is 16.5. The zero-order valence-corrected chi connectivity index (χ0v) is 16.1. The fourth-order valence-electron chi connectivity index (χ4n) is 3.45. The summed E-state index contributed by atoms with van der Waals surface area (Å²) in [6.07, 6.45) is 0.403. The Kier molecular flexibility index (Phi) is 6.85. The number of carbonyl (C=O) groups excluding carboxylic acids is 1. The van der Waals surface area contributed by atoms with Gasteiger partial charge in [-0.15, -0.1) is 0 Å². The Bertz CT molecular complexity index is 739. The van der Waals surface area contributed by atoms with Crippen LogP contribution < -0.4 is 10.1 Å². The van der Waals surface area contributed by atoms with Crippen molar-refractivity contribution in [3.8, 4) is 5.75 Å². The van der Waals surface area contributed by atoms with Crippen molar-refractivity contribution in [3.63, 3.8) is 0 Å². The maximum absolute atomic E-state index is 12.5. The van der Waals surface area contributed by atoms with E-state index in [1.807, 2.05) is 37.3 Å². The zero-order chi connectivity index (χ0) is 19.1. The largest absolute Gasteiger partial charge is 0.497 e. The minimum atomic E-state index is 0.0485. The Balaban J connectivity index is 1.65. The number of methoxy groups -OCH3 is 1. The molecular formula is C22H28N2O3. The van der Waals surface area contributed by atoms with Crippen molar-refractivity contribution in [2.45, 2.75) is 19.4 Å². The Hall–Kier alpha value is -2.37. The van der Waals surface area contributed by atoms with Crippen LogP contribution in [0.15, 0.2) is 48.5 Å². The molecule has 1 heterocycles. The molecule has 1 N–H and O–H groups in total. The maximum atomic E-state index is 12.5. The van der Waals surface area contributed by atoms with E-state index in [9.17, 15) is 4.79 Å². The van der Waals surface area contributed by atoms with Gasteiger partial charge in [0.1, 0.15) is 5.75 Å². The molecule has 3 rings (SSSR count). The highest BCUT2D eigenvalue weighted by Crippen LogP contribution is 2.23. The summed E-state index contributed by atoms with van der Waals surface area (Å²) in [5.74, 6) is 0.885. The third-order valence-corrected chi connectivity index (χ3v) is 4.93. The van der Waals surface area contributed by atoms with Crippen molar-refractivity contribution < 1.29 is 14.3 Å². The van der Waals surface area contributed by atoms with E-state index in [0.29, 0.717) is 13.0 Å². The molecule has 0 spiro atoms. The summed E-state index contributed by atoms with van der Waals surface area (Å²) in [4.78, 5) is 14.8. The summed E-state index contributed by atoms with van der Waals surface area (Å²) in [7, 11) is 1.67. The van der Waals surface area contributed by atoms with Gasteiger partial charge in [-0.05, 0) is 30.2 Å². The molecular weight excluding hydrogens is 340 g/mol. The predicted octanol–water partition coefficient (Wildman–Crippen LogP) is 2.74. The Morgan fingerprint density at radius 2 is 1.93 bits per heavy atom. The van der Waals surface area contributed by atoms with Crippen molar-refractivity contribution in [2.75, 3.05) is 40.0 Å². The topological polar surface area (TPSA) is 50.8 Å². The quantitative estimate of drug-likeness (QED) is 0.816. The molecule has 5 nitrogen and oxygen atoms in total. The lowest BCUT2D eigenvalue weighted by molar-refractivity contribution is -0.120. The molecule has 1 amide bonds. The average Bonchev–Trinajstić information content (AvgIpc) is 2.69. The van der Waals surface area contributed by atoms with Gasteiger partial charge in [0.05, 0.1) is 32.8 Å². The van der Waals surface area contributed by atoms with Crippen LogP contribution in [0.2, 0.25) is 0 Å². The number of nitrogens with one attached hydrogen (secondary N) is 1. The van der Waals surface area contributed by atoms with Crippen molar-refractivity contribution in [2.24, 2.45) is 0 Å². The molecule has 0 aliphatic carbocycles. The number of ether oxygens (including phenoxy) is 2. The molecule has 1 atom stereocenters. The minimum Gasteiger partial charge on any atom is -0.497 e. The molecule has 0 aromatic heterocycles. The van der Waals surface area contributed by atoms with E-state index in [1.165, 1.54) is 11.1 Å². The van der Waals surface area contributed by atoms with E-state index in [2.05, 4.69) is 28.4 Å². The summed E-state index contributed by atoms with van der Waals surface area (Å²) >= 11 is 0. The van der Waals surface area contributed by atoms with Gasteiger partial charge in [0, 0.05) is 19.6 Å². The second-order valence-electron chi connectivity index (χ2n) is 6.91. The second-order valence-corrected chi connectivity index (χ2v) is 6.91. The van der Waals surface area contributed by atoms with Crippen LogP contribution >= 0.6 is 0 Å². The zero-order valence-electron chi connectivity index (χ0n) is 16.1. The van der Waals surface area contributed by atoms with Gasteiger partial charge in [-0.1, -0.05) is 42.0 Å². The first kappa shape index (κ1) is 19.4. The first-order valence-electron chi connectivity index (χ1n) is 9.43. The molecule has 1 saturated heterocycles. The van der Waals surface area contributed by atoms with E-state index < -0.39 is 0 Å². The van der Waals surface area contributed by atoms with E-state index >= 15 is 0 Å². The SMILES string of the molecule is COc1ccc([C@@H](CNC(=O)Cc2cccc(C)c2)N2CCOCC2)cc1. The van der Waals surface area contributed by atoms with Gasteiger partial charge in [-0.25, -0.2) is 0 Å². The monoisotopic (exact) mass is 368 g/mol. The van der Waals surface area contributed by atoms with Crippen molar-refractivity contribution in [3.05, 3.63) is 65.2 Å². The summed E-state index contributed by atoms with van der Waals surface area (Å²) in [5, 5.41) is 3.12. The maximum Gasteiger partial charge on any atom is 0.224 e. The van der Waals surface area contributed by atoms with Crippen LogP contribution in [-0.2, 0) is 16.0 Å². The summed E-state index contributed by atoms with van der Waals surface area (Å²) in [5.41, 5.74) is 3.39. The van der Waals surface area contributed by atoms with Crippen LogP contribution in [-0.4, -0.2) is 50.8 Å². The van der Waals surface area contributed by atoms with Crippen LogP contribution in [0, 0.1) is 6.92 Å². The van der Waals surface area contributed by atoms with E-state index in [-0.39, 0.29) is 11.9 Å². The molecule has 0 unspecified atom stereocenters. The van der Waals surface area contributed by atoms with E-state index in [0.717, 1.165) is 37.6 Å². The normalized spacial score (nSPS) is 15.9. The first-order chi connectivity index (χ1) is 13.2. The Morgan fingerprint density at radius 1 is 1.19 bits per heavy atom. The van der Waals surface area contributed by atoms with E-state index in [1.54, 1.807) is 7.11 Å². The lowest BCUT2D eigenvalue weighted by Gasteiger charge is -2.35. The highest BCUT2D eigenvalue weighted by molar-refractivity contribution is 5.78. The molecule has 1 aliphatic heterocycles. The van der Waals surface area contributed by atoms with Gasteiger partial charge in [0.25, 0.3) is 0 Å². The summed E-state index contributed by atoms with van der Waals surface area (Å²) in [6.45, 7) is 5.80. The molecule has 0 bridgehead atoms. The van der Waals surface area contributed by atoms with Crippen molar-refractivity contribution >= 4 is 5.91 Å². The highest BCUT2D eigenvalue weighted by Gasteiger charge is 2.23. The van der Waals surface area contributed by atoms with Crippen LogP contribution in [0.25, 0.3) is 0 Å². The van der Waals surface area contributed by atoms with Crippen molar-refractivity contribution in [1.82, 2.24) is 10.2 Å².